The minimum atomic E-state index is -0.525. The first kappa shape index (κ1) is 22.4. The number of nitro groups is 1. The van der Waals surface area contributed by atoms with Gasteiger partial charge in [-0.15, -0.1) is 0 Å². The molecule has 2 aromatic carbocycles. The number of rotatable bonds is 6. The van der Waals surface area contributed by atoms with Crippen molar-refractivity contribution in [3.8, 4) is 0 Å². The lowest BCUT2D eigenvalue weighted by Crippen LogP contribution is -2.33. The Hall–Kier alpha value is -3.44. The number of ketones is 1. The van der Waals surface area contributed by atoms with E-state index < -0.39 is 4.92 Å². The second-order valence-electron chi connectivity index (χ2n) is 7.64. The van der Waals surface area contributed by atoms with Gasteiger partial charge in [0.1, 0.15) is 11.9 Å². The van der Waals surface area contributed by atoms with Gasteiger partial charge in [0, 0.05) is 45.5 Å². The standard InChI is InChI=1S/C23H19BrN6O3S/c24-15-7-5-14(6-8-15)21(31)20-19(16-3-1-2-4-17(16)26-20)27-22-18(30(32)33)13-25-23(28-22)29-9-11-34-12-10-29/h1-8,13,26H,9-12H2,(H,25,27,28). The lowest BCUT2D eigenvalue weighted by molar-refractivity contribution is -0.384. The molecule has 0 unspecified atom stereocenters. The highest BCUT2D eigenvalue weighted by Crippen LogP contribution is 2.35. The van der Waals surface area contributed by atoms with Crippen LogP contribution in [-0.4, -0.2) is 50.3 Å². The molecule has 2 N–H and O–H groups in total. The number of hydrogen-bond donors (Lipinski definition) is 2. The molecular formula is C23H19BrN6O3S. The highest BCUT2D eigenvalue weighted by atomic mass is 79.9. The fourth-order valence-electron chi connectivity index (χ4n) is 3.81. The average Bonchev–Trinajstić information content (AvgIpc) is 3.23. The highest BCUT2D eigenvalue weighted by molar-refractivity contribution is 9.10. The van der Waals surface area contributed by atoms with E-state index in [1.807, 2.05) is 40.9 Å². The number of carbonyl (C=O) groups is 1. The number of nitrogens with zero attached hydrogens (tertiary/aromatic N) is 4. The van der Waals surface area contributed by atoms with Gasteiger partial charge in [-0.3, -0.25) is 14.9 Å². The van der Waals surface area contributed by atoms with E-state index in [-0.39, 0.29) is 17.3 Å². The maximum absolute atomic E-state index is 13.4. The van der Waals surface area contributed by atoms with Crippen molar-refractivity contribution < 1.29 is 9.72 Å². The molecule has 0 spiro atoms. The van der Waals surface area contributed by atoms with Gasteiger partial charge in [0.2, 0.25) is 17.5 Å². The van der Waals surface area contributed by atoms with Crippen molar-refractivity contribution >= 4 is 67.5 Å². The Bertz CT molecular complexity index is 1390. The molecule has 1 aliphatic rings. The number of nitrogens with one attached hydrogen (secondary N) is 2. The van der Waals surface area contributed by atoms with Gasteiger partial charge < -0.3 is 15.2 Å². The molecule has 0 bridgehead atoms. The van der Waals surface area contributed by atoms with Crippen LogP contribution in [0.3, 0.4) is 0 Å². The summed E-state index contributed by atoms with van der Waals surface area (Å²) in [5, 5.41) is 15.6. The number of aromatic amines is 1. The van der Waals surface area contributed by atoms with Crippen molar-refractivity contribution in [2.45, 2.75) is 0 Å². The zero-order chi connectivity index (χ0) is 23.7. The van der Waals surface area contributed by atoms with Crippen LogP contribution in [0.25, 0.3) is 10.9 Å². The summed E-state index contributed by atoms with van der Waals surface area (Å²) < 4.78 is 0.860. The number of benzene rings is 2. The SMILES string of the molecule is O=C(c1ccc(Br)cc1)c1[nH]c2ccccc2c1Nc1nc(N2CCSCC2)ncc1[N+](=O)[O-]. The molecule has 1 aliphatic heterocycles. The van der Waals surface area contributed by atoms with Gasteiger partial charge in [-0.05, 0) is 30.3 Å². The number of aromatic nitrogens is 3. The van der Waals surface area contributed by atoms with Crippen molar-refractivity contribution in [1.29, 1.82) is 0 Å². The van der Waals surface area contributed by atoms with E-state index in [1.165, 1.54) is 6.20 Å². The Balaban J connectivity index is 1.60. The fraction of sp³-hybridized carbons (Fsp3) is 0.174. The van der Waals surface area contributed by atoms with Crippen LogP contribution in [0.2, 0.25) is 0 Å². The number of halogens is 1. The Morgan fingerprint density at radius 1 is 1.15 bits per heavy atom. The molecule has 2 aromatic heterocycles. The van der Waals surface area contributed by atoms with Crippen LogP contribution < -0.4 is 10.2 Å². The summed E-state index contributed by atoms with van der Waals surface area (Å²) in [4.78, 5) is 38.6. The number of para-hydroxylation sites is 1. The summed E-state index contributed by atoms with van der Waals surface area (Å²) in [6.45, 7) is 1.53. The molecule has 34 heavy (non-hydrogen) atoms. The lowest BCUT2D eigenvalue weighted by Gasteiger charge is -2.26. The zero-order valence-corrected chi connectivity index (χ0v) is 20.2. The summed E-state index contributed by atoms with van der Waals surface area (Å²) in [5.74, 6) is 2.11. The normalized spacial score (nSPS) is 13.7. The third kappa shape index (κ3) is 4.36. The zero-order valence-electron chi connectivity index (χ0n) is 17.8. The lowest BCUT2D eigenvalue weighted by atomic mass is 10.1. The quantitative estimate of drug-likeness (QED) is 0.196. The molecule has 11 heteroatoms. The highest BCUT2D eigenvalue weighted by Gasteiger charge is 2.25. The van der Waals surface area contributed by atoms with Gasteiger partial charge in [0.15, 0.2) is 0 Å². The maximum atomic E-state index is 13.4. The first-order valence-corrected chi connectivity index (χ1v) is 12.5. The molecule has 0 saturated carbocycles. The Morgan fingerprint density at radius 3 is 2.62 bits per heavy atom. The van der Waals surface area contributed by atoms with Gasteiger partial charge in [-0.2, -0.15) is 16.7 Å². The molecule has 1 saturated heterocycles. The monoisotopic (exact) mass is 538 g/mol. The Morgan fingerprint density at radius 2 is 1.88 bits per heavy atom. The summed E-state index contributed by atoms with van der Waals surface area (Å²) >= 11 is 5.23. The van der Waals surface area contributed by atoms with E-state index in [2.05, 4.69) is 36.2 Å². The predicted octanol–water partition coefficient (Wildman–Crippen LogP) is 5.16. The fourth-order valence-corrected chi connectivity index (χ4v) is 4.98. The van der Waals surface area contributed by atoms with E-state index in [1.54, 1.807) is 24.3 Å². The van der Waals surface area contributed by atoms with Gasteiger partial charge in [-0.25, -0.2) is 4.98 Å². The number of hydrogen-bond acceptors (Lipinski definition) is 8. The summed E-state index contributed by atoms with van der Waals surface area (Å²) in [7, 11) is 0. The van der Waals surface area contributed by atoms with Crippen LogP contribution in [0.4, 0.5) is 23.1 Å². The molecule has 5 rings (SSSR count). The minimum Gasteiger partial charge on any atom is -0.350 e. The molecule has 0 atom stereocenters. The first-order chi connectivity index (χ1) is 16.5. The van der Waals surface area contributed by atoms with Crippen molar-refractivity contribution in [1.82, 2.24) is 15.0 Å². The summed E-state index contributed by atoms with van der Waals surface area (Å²) in [6.07, 6.45) is 1.22. The third-order valence-corrected chi connectivity index (χ3v) is 7.00. The maximum Gasteiger partial charge on any atom is 0.329 e. The molecule has 0 aliphatic carbocycles. The van der Waals surface area contributed by atoms with Gasteiger partial charge >= 0.3 is 5.69 Å². The van der Waals surface area contributed by atoms with Gasteiger partial charge in [0.25, 0.3) is 0 Å². The van der Waals surface area contributed by atoms with Crippen LogP contribution >= 0.6 is 27.7 Å². The Labute approximate surface area is 207 Å². The molecule has 3 heterocycles. The van der Waals surface area contributed by atoms with Crippen LogP contribution in [0.5, 0.6) is 0 Å². The summed E-state index contributed by atoms with van der Waals surface area (Å²) in [5.41, 5.74) is 1.69. The van der Waals surface area contributed by atoms with Crippen molar-refractivity contribution in [2.24, 2.45) is 0 Å². The number of fused-ring (bicyclic) bond motifs is 1. The van der Waals surface area contributed by atoms with Crippen LogP contribution in [0.1, 0.15) is 16.1 Å². The molecule has 4 aromatic rings. The topological polar surface area (TPSA) is 117 Å². The van der Waals surface area contributed by atoms with Gasteiger partial charge in [-0.1, -0.05) is 34.1 Å². The molecule has 1 fully saturated rings. The number of thioether (sulfide) groups is 1. The van der Waals surface area contributed by atoms with E-state index in [9.17, 15) is 14.9 Å². The van der Waals surface area contributed by atoms with E-state index in [4.69, 9.17) is 0 Å². The third-order valence-electron chi connectivity index (χ3n) is 5.53. The minimum absolute atomic E-state index is 0.0443. The second kappa shape index (κ2) is 9.43. The number of anilines is 3. The number of carbonyl (C=O) groups excluding carboxylic acids is 1. The van der Waals surface area contributed by atoms with Crippen molar-refractivity contribution in [3.05, 3.63) is 80.6 Å². The summed E-state index contributed by atoms with van der Waals surface area (Å²) in [6, 6.07) is 14.4. The molecule has 0 radical (unpaired) electrons. The Kier molecular flexibility index (Phi) is 6.20. The average molecular weight is 539 g/mol. The van der Waals surface area contributed by atoms with Crippen LogP contribution in [-0.2, 0) is 0 Å². The van der Waals surface area contributed by atoms with Crippen LogP contribution in [0.15, 0.2) is 59.2 Å². The number of H-pyrrole nitrogens is 1. The first-order valence-electron chi connectivity index (χ1n) is 10.5. The second-order valence-corrected chi connectivity index (χ2v) is 9.78. The molecule has 0 amide bonds. The van der Waals surface area contributed by atoms with Crippen molar-refractivity contribution in [2.75, 3.05) is 34.8 Å². The van der Waals surface area contributed by atoms with Gasteiger partial charge in [0.05, 0.1) is 10.6 Å². The van der Waals surface area contributed by atoms with E-state index >= 15 is 0 Å². The molecule has 172 valence electrons. The van der Waals surface area contributed by atoms with Crippen LogP contribution in [0, 0.1) is 10.1 Å². The molecular weight excluding hydrogens is 520 g/mol. The van der Waals surface area contributed by atoms with E-state index in [0.717, 1.165) is 40.0 Å². The predicted molar refractivity (Wildman–Crippen MR) is 137 cm³/mol. The molecule has 9 nitrogen and oxygen atoms in total. The smallest absolute Gasteiger partial charge is 0.329 e. The largest absolute Gasteiger partial charge is 0.350 e. The van der Waals surface area contributed by atoms with Crippen molar-refractivity contribution in [3.63, 3.8) is 0 Å². The van der Waals surface area contributed by atoms with E-state index in [0.29, 0.717) is 22.9 Å².